The number of carbonyl (C=O) groups excluding carboxylic acids is 2. The van der Waals surface area contributed by atoms with Crippen LogP contribution < -0.4 is 10.2 Å². The van der Waals surface area contributed by atoms with Crippen molar-refractivity contribution < 1.29 is 9.59 Å². The van der Waals surface area contributed by atoms with Crippen molar-refractivity contribution in [1.82, 2.24) is 9.88 Å². The van der Waals surface area contributed by atoms with E-state index < -0.39 is 11.8 Å². The summed E-state index contributed by atoms with van der Waals surface area (Å²) >= 11 is 5.17. The molecule has 1 aromatic heterocycles. The van der Waals surface area contributed by atoms with Gasteiger partial charge in [-0.25, -0.2) is 0 Å². The first-order valence-electron chi connectivity index (χ1n) is 7.06. The molecule has 5 nitrogen and oxygen atoms in total. The molecule has 6 heteroatoms. The van der Waals surface area contributed by atoms with Crippen LogP contribution >= 0.6 is 12.2 Å². The average Bonchev–Trinajstić information content (AvgIpc) is 2.89. The van der Waals surface area contributed by atoms with Crippen molar-refractivity contribution in [2.45, 2.75) is 6.92 Å². The average molecular weight is 325 g/mol. The van der Waals surface area contributed by atoms with E-state index in [4.69, 9.17) is 12.2 Å². The molecular weight excluding hydrogens is 310 g/mol. The number of anilines is 1. The molecule has 0 bridgehead atoms. The van der Waals surface area contributed by atoms with Crippen molar-refractivity contribution in [1.29, 1.82) is 0 Å². The van der Waals surface area contributed by atoms with Crippen LogP contribution in [0.5, 0.6) is 0 Å². The van der Waals surface area contributed by atoms with Gasteiger partial charge in [0.15, 0.2) is 5.11 Å². The predicted molar refractivity (Wildman–Crippen MR) is 92.8 cm³/mol. The highest BCUT2D eigenvalue weighted by molar-refractivity contribution is 7.80. The Morgan fingerprint density at radius 2 is 2.00 bits per heavy atom. The molecule has 1 aliphatic rings. The summed E-state index contributed by atoms with van der Waals surface area (Å²) in [4.78, 5) is 26.3. The highest BCUT2D eigenvalue weighted by Crippen LogP contribution is 2.22. The Bertz CT molecular complexity index is 851. The van der Waals surface area contributed by atoms with Gasteiger partial charge >= 0.3 is 0 Å². The lowest BCUT2D eigenvalue weighted by Crippen LogP contribution is -2.54. The largest absolute Gasteiger partial charge is 0.357 e. The zero-order chi connectivity index (χ0) is 16.6. The zero-order valence-corrected chi connectivity index (χ0v) is 13.6. The molecule has 2 aromatic rings. The molecule has 0 saturated carbocycles. The summed E-state index contributed by atoms with van der Waals surface area (Å²) in [7, 11) is 1.87. The maximum Gasteiger partial charge on any atom is 0.270 e. The SMILES string of the molecule is Cc1cccc(N2C(=O)/C(=C\c3ccn(C)c3)C(=O)NC2=S)c1. The molecular formula is C17H15N3O2S. The maximum atomic E-state index is 12.8. The van der Waals surface area contributed by atoms with Crippen LogP contribution in [0.4, 0.5) is 5.69 Å². The molecule has 0 aliphatic carbocycles. The van der Waals surface area contributed by atoms with Gasteiger partial charge in [0.05, 0.1) is 5.69 Å². The fourth-order valence-electron chi connectivity index (χ4n) is 2.44. The van der Waals surface area contributed by atoms with Gasteiger partial charge in [-0.3, -0.25) is 19.8 Å². The highest BCUT2D eigenvalue weighted by atomic mass is 32.1. The van der Waals surface area contributed by atoms with E-state index >= 15 is 0 Å². The number of aromatic nitrogens is 1. The van der Waals surface area contributed by atoms with Gasteiger partial charge in [0.1, 0.15) is 5.57 Å². The molecule has 1 aromatic carbocycles. The van der Waals surface area contributed by atoms with Crippen molar-refractivity contribution in [3.8, 4) is 0 Å². The summed E-state index contributed by atoms with van der Waals surface area (Å²) in [5, 5.41) is 2.67. The van der Waals surface area contributed by atoms with E-state index in [1.807, 2.05) is 55.2 Å². The maximum absolute atomic E-state index is 12.8. The summed E-state index contributed by atoms with van der Waals surface area (Å²) < 4.78 is 1.85. The van der Waals surface area contributed by atoms with Gasteiger partial charge in [-0.1, -0.05) is 12.1 Å². The number of carbonyl (C=O) groups is 2. The fraction of sp³-hybridized carbons (Fsp3) is 0.118. The molecule has 0 spiro atoms. The van der Waals surface area contributed by atoms with E-state index in [2.05, 4.69) is 5.32 Å². The van der Waals surface area contributed by atoms with E-state index in [1.54, 1.807) is 12.1 Å². The van der Waals surface area contributed by atoms with Gasteiger partial charge in [0.25, 0.3) is 11.8 Å². The molecule has 0 atom stereocenters. The first-order chi connectivity index (χ1) is 11.0. The van der Waals surface area contributed by atoms with Gasteiger partial charge in [-0.15, -0.1) is 0 Å². The van der Waals surface area contributed by atoms with E-state index in [9.17, 15) is 9.59 Å². The van der Waals surface area contributed by atoms with Crippen LogP contribution in [0.2, 0.25) is 0 Å². The topological polar surface area (TPSA) is 54.3 Å². The van der Waals surface area contributed by atoms with Crippen molar-refractivity contribution in [2.75, 3.05) is 4.90 Å². The van der Waals surface area contributed by atoms with Crippen molar-refractivity contribution >= 4 is 40.9 Å². The molecule has 23 heavy (non-hydrogen) atoms. The smallest absolute Gasteiger partial charge is 0.270 e. The number of aryl methyl sites for hydroxylation is 2. The second kappa shape index (κ2) is 5.81. The minimum Gasteiger partial charge on any atom is -0.357 e. The Balaban J connectivity index is 2.02. The lowest BCUT2D eigenvalue weighted by Gasteiger charge is -2.29. The van der Waals surface area contributed by atoms with Crippen molar-refractivity contribution in [3.63, 3.8) is 0 Å². The van der Waals surface area contributed by atoms with Crippen LogP contribution in [0.25, 0.3) is 6.08 Å². The van der Waals surface area contributed by atoms with Crippen LogP contribution in [-0.4, -0.2) is 21.5 Å². The number of hydrogen-bond acceptors (Lipinski definition) is 3. The minimum atomic E-state index is -0.479. The van der Waals surface area contributed by atoms with Gasteiger partial charge in [0, 0.05) is 19.4 Å². The lowest BCUT2D eigenvalue weighted by molar-refractivity contribution is -0.122. The predicted octanol–water partition coefficient (Wildman–Crippen LogP) is 2.16. The molecule has 1 N–H and O–H groups in total. The number of nitrogens with zero attached hydrogens (tertiary/aromatic N) is 2. The Kier molecular flexibility index (Phi) is 3.83. The van der Waals surface area contributed by atoms with Crippen molar-refractivity contribution in [2.24, 2.45) is 7.05 Å². The third-order valence-corrected chi connectivity index (χ3v) is 3.81. The number of thiocarbonyl (C=S) groups is 1. The molecule has 3 rings (SSSR count). The second-order valence-corrected chi connectivity index (χ2v) is 5.79. The van der Waals surface area contributed by atoms with E-state index in [-0.39, 0.29) is 10.7 Å². The molecule has 1 aliphatic heterocycles. The molecule has 1 saturated heterocycles. The summed E-state index contributed by atoms with van der Waals surface area (Å²) in [6.45, 7) is 1.93. The minimum absolute atomic E-state index is 0.0614. The molecule has 2 heterocycles. The Morgan fingerprint density at radius 1 is 1.22 bits per heavy atom. The summed E-state index contributed by atoms with van der Waals surface area (Å²) in [5.74, 6) is -0.902. The molecule has 1 fully saturated rings. The third kappa shape index (κ3) is 2.93. The van der Waals surface area contributed by atoms with Crippen LogP contribution in [-0.2, 0) is 16.6 Å². The van der Waals surface area contributed by atoms with Gasteiger partial charge in [0.2, 0.25) is 0 Å². The standard InChI is InChI=1S/C17H15N3O2S/c1-11-4-3-5-13(8-11)20-16(22)14(15(21)18-17(20)23)9-12-6-7-19(2)10-12/h3-10H,1-2H3,(H,18,21,23)/b14-9-. The highest BCUT2D eigenvalue weighted by Gasteiger charge is 2.34. The first kappa shape index (κ1) is 15.2. The summed E-state index contributed by atoms with van der Waals surface area (Å²) in [6, 6.07) is 9.24. The van der Waals surface area contributed by atoms with E-state index in [0.29, 0.717) is 5.69 Å². The number of nitrogens with one attached hydrogen (secondary N) is 1. The monoisotopic (exact) mass is 325 g/mol. The zero-order valence-electron chi connectivity index (χ0n) is 12.7. The quantitative estimate of drug-likeness (QED) is 0.523. The molecule has 0 radical (unpaired) electrons. The fourth-order valence-corrected chi connectivity index (χ4v) is 2.72. The van der Waals surface area contributed by atoms with Gasteiger partial charge in [-0.05, 0) is 54.5 Å². The van der Waals surface area contributed by atoms with Crippen LogP contribution in [0.15, 0.2) is 48.3 Å². The summed E-state index contributed by atoms with van der Waals surface area (Å²) in [5.41, 5.74) is 2.48. The van der Waals surface area contributed by atoms with Crippen LogP contribution in [0.1, 0.15) is 11.1 Å². The van der Waals surface area contributed by atoms with E-state index in [0.717, 1.165) is 11.1 Å². The van der Waals surface area contributed by atoms with Gasteiger partial charge in [-0.2, -0.15) is 0 Å². The van der Waals surface area contributed by atoms with Gasteiger partial charge < -0.3 is 4.57 Å². The molecule has 116 valence electrons. The second-order valence-electron chi connectivity index (χ2n) is 5.41. The summed E-state index contributed by atoms with van der Waals surface area (Å²) in [6.07, 6.45) is 5.25. The van der Waals surface area contributed by atoms with Crippen LogP contribution in [0, 0.1) is 6.92 Å². The Labute approximate surface area is 139 Å². The molecule has 2 amide bonds. The van der Waals surface area contributed by atoms with E-state index in [1.165, 1.54) is 4.90 Å². The normalized spacial score (nSPS) is 16.9. The lowest BCUT2D eigenvalue weighted by atomic mass is 10.1. The number of benzene rings is 1. The van der Waals surface area contributed by atoms with Crippen molar-refractivity contribution in [3.05, 3.63) is 59.4 Å². The number of rotatable bonds is 2. The number of hydrogen-bond donors (Lipinski definition) is 1. The number of amides is 2. The molecule has 0 unspecified atom stereocenters. The Morgan fingerprint density at radius 3 is 2.65 bits per heavy atom. The first-order valence-corrected chi connectivity index (χ1v) is 7.46. The third-order valence-electron chi connectivity index (χ3n) is 3.53. The van der Waals surface area contributed by atoms with Crippen LogP contribution in [0.3, 0.4) is 0 Å². The Hall–Kier alpha value is -2.73.